The number of nitrogens with zero attached hydrogens (tertiary/aromatic N) is 3. The number of carbonyl (C=O) groups excluding carboxylic acids is 1. The van der Waals surface area contributed by atoms with Crippen LogP contribution in [0, 0.1) is 11.7 Å². The highest BCUT2D eigenvalue weighted by Gasteiger charge is 2.19. The van der Waals surface area contributed by atoms with Crippen molar-refractivity contribution in [3.8, 4) is 11.4 Å². The van der Waals surface area contributed by atoms with E-state index in [-0.39, 0.29) is 18.5 Å². The Labute approximate surface area is 182 Å². The average Bonchev–Trinajstić information content (AvgIpc) is 3.12. The highest BCUT2D eigenvalue weighted by molar-refractivity contribution is 7.71. The predicted octanol–water partition coefficient (Wildman–Crippen LogP) is 4.12. The third-order valence-electron chi connectivity index (χ3n) is 5.30. The van der Waals surface area contributed by atoms with Crippen LogP contribution in [0.25, 0.3) is 11.4 Å². The van der Waals surface area contributed by atoms with Crippen molar-refractivity contribution in [2.24, 2.45) is 0 Å². The first-order chi connectivity index (χ1) is 14.5. The van der Waals surface area contributed by atoms with E-state index in [1.54, 1.807) is 4.57 Å². The van der Waals surface area contributed by atoms with Crippen LogP contribution in [0.15, 0.2) is 54.6 Å². The fraction of sp³-hybridized carbons (Fsp3) is 0.348. The molecule has 0 saturated carbocycles. The van der Waals surface area contributed by atoms with Gasteiger partial charge in [-0.2, -0.15) is 5.10 Å². The zero-order valence-electron chi connectivity index (χ0n) is 17.8. The molecule has 0 saturated heterocycles. The number of likely N-dealkylation sites (N-methyl/N-ethyl adjacent to an activating group) is 1. The van der Waals surface area contributed by atoms with E-state index in [1.807, 2.05) is 49.4 Å². The van der Waals surface area contributed by atoms with Crippen LogP contribution in [0.4, 0.5) is 0 Å². The lowest BCUT2D eigenvalue weighted by molar-refractivity contribution is -0.121. The maximum absolute atomic E-state index is 12.8. The summed E-state index contributed by atoms with van der Waals surface area (Å²) in [4.78, 5) is 15.1. The molecule has 0 aliphatic rings. The van der Waals surface area contributed by atoms with Gasteiger partial charge in [0.2, 0.25) is 5.91 Å². The van der Waals surface area contributed by atoms with Crippen molar-refractivity contribution in [3.05, 3.63) is 70.5 Å². The molecular formula is C23H29N5OS. The van der Waals surface area contributed by atoms with Gasteiger partial charge in [-0.15, -0.1) is 0 Å². The number of rotatable bonds is 9. The smallest absolute Gasteiger partial charge is 0.240 e. The Kier molecular flexibility index (Phi) is 7.54. The van der Waals surface area contributed by atoms with E-state index in [0.29, 0.717) is 17.1 Å². The van der Waals surface area contributed by atoms with Crippen molar-refractivity contribution < 1.29 is 4.79 Å². The lowest BCUT2D eigenvalue weighted by atomic mass is 10.1. The lowest BCUT2D eigenvalue weighted by Crippen LogP contribution is -2.39. The maximum Gasteiger partial charge on any atom is 0.240 e. The summed E-state index contributed by atoms with van der Waals surface area (Å²) < 4.78 is 2.17. The minimum absolute atomic E-state index is 0.0889. The number of hydrogen-bond donors (Lipinski definition) is 2. The molecule has 0 fully saturated rings. The Bertz CT molecular complexity index is 1010. The molecule has 6 nitrogen and oxygen atoms in total. The number of aryl methyl sites for hydroxylation is 1. The number of aromatic nitrogens is 3. The predicted molar refractivity (Wildman–Crippen MR) is 123 cm³/mol. The fourth-order valence-corrected chi connectivity index (χ4v) is 3.79. The minimum Gasteiger partial charge on any atom is -0.353 e. The van der Waals surface area contributed by atoms with E-state index >= 15 is 0 Å². The number of aromatic amines is 1. The van der Waals surface area contributed by atoms with Crippen LogP contribution in [-0.4, -0.2) is 45.2 Å². The summed E-state index contributed by atoms with van der Waals surface area (Å²) in [6, 6.07) is 18.4. The van der Waals surface area contributed by atoms with Gasteiger partial charge in [0.05, 0.1) is 6.04 Å². The van der Waals surface area contributed by atoms with Crippen LogP contribution in [0.3, 0.4) is 0 Å². The Morgan fingerprint density at radius 1 is 1.13 bits per heavy atom. The third-order valence-corrected chi connectivity index (χ3v) is 5.61. The van der Waals surface area contributed by atoms with Gasteiger partial charge in [0, 0.05) is 12.1 Å². The van der Waals surface area contributed by atoms with Gasteiger partial charge >= 0.3 is 0 Å². The summed E-state index contributed by atoms with van der Waals surface area (Å²) in [6.45, 7) is 8.80. The molecule has 30 heavy (non-hydrogen) atoms. The van der Waals surface area contributed by atoms with E-state index in [4.69, 9.17) is 12.2 Å². The number of benzene rings is 2. The van der Waals surface area contributed by atoms with Crippen molar-refractivity contribution in [2.75, 3.05) is 19.6 Å². The molecule has 0 aliphatic carbocycles. The summed E-state index contributed by atoms with van der Waals surface area (Å²) in [5.41, 5.74) is 3.29. The van der Waals surface area contributed by atoms with Gasteiger partial charge in [0.15, 0.2) is 10.6 Å². The number of H-pyrrole nitrogens is 1. The van der Waals surface area contributed by atoms with Crippen molar-refractivity contribution in [3.63, 3.8) is 0 Å². The summed E-state index contributed by atoms with van der Waals surface area (Å²) in [6.07, 6.45) is 0. The number of nitrogens with one attached hydrogen (secondary N) is 2. The molecule has 0 bridgehead atoms. The Morgan fingerprint density at radius 3 is 2.43 bits per heavy atom. The standard InChI is InChI=1S/C23H29N5OS/c1-4-27(5-2)20(18-9-7-6-8-10-18)15-24-21(29)16-28-22(25-26-23(28)30)19-13-11-17(3)12-14-19/h6-14,20H,4-5,15-16H2,1-3H3,(H,24,29)(H,26,30). The highest BCUT2D eigenvalue weighted by Crippen LogP contribution is 2.20. The Hall–Kier alpha value is -2.77. The van der Waals surface area contributed by atoms with Gasteiger partial charge < -0.3 is 5.32 Å². The SMILES string of the molecule is CCN(CC)C(CNC(=O)Cn1c(-c2ccc(C)cc2)n[nH]c1=S)c1ccccc1. The van der Waals surface area contributed by atoms with Gasteiger partial charge in [-0.1, -0.05) is 74.0 Å². The summed E-state index contributed by atoms with van der Waals surface area (Å²) in [5, 5.41) is 10.2. The van der Waals surface area contributed by atoms with Crippen molar-refractivity contribution in [2.45, 2.75) is 33.4 Å². The quantitative estimate of drug-likeness (QED) is 0.508. The normalized spacial score (nSPS) is 12.1. The fourth-order valence-electron chi connectivity index (χ4n) is 3.59. The van der Waals surface area contributed by atoms with Gasteiger partial charge in [0.1, 0.15) is 6.54 Å². The molecule has 3 rings (SSSR count). The number of amides is 1. The van der Waals surface area contributed by atoms with Crippen molar-refractivity contribution in [1.29, 1.82) is 0 Å². The molecule has 2 N–H and O–H groups in total. The highest BCUT2D eigenvalue weighted by atomic mass is 32.1. The zero-order valence-corrected chi connectivity index (χ0v) is 18.6. The van der Waals surface area contributed by atoms with Crippen molar-refractivity contribution >= 4 is 18.1 Å². The molecule has 7 heteroatoms. The number of carbonyl (C=O) groups is 1. The molecule has 158 valence electrons. The molecular weight excluding hydrogens is 394 g/mol. The molecule has 1 unspecified atom stereocenters. The molecule has 2 aromatic carbocycles. The third kappa shape index (κ3) is 5.23. The van der Waals surface area contributed by atoms with E-state index in [2.05, 4.69) is 46.4 Å². The number of hydrogen-bond acceptors (Lipinski definition) is 4. The second kappa shape index (κ2) is 10.3. The molecule has 3 aromatic rings. The van der Waals surface area contributed by atoms with Crippen molar-refractivity contribution in [1.82, 2.24) is 25.0 Å². The molecule has 0 aliphatic heterocycles. The van der Waals surface area contributed by atoms with Crippen LogP contribution in [0.5, 0.6) is 0 Å². The second-order valence-electron chi connectivity index (χ2n) is 7.26. The minimum atomic E-state index is -0.0889. The molecule has 0 spiro atoms. The van der Waals surface area contributed by atoms with Crippen LogP contribution in [-0.2, 0) is 11.3 Å². The van der Waals surface area contributed by atoms with Crippen LogP contribution in [0.2, 0.25) is 0 Å². The average molecular weight is 424 g/mol. The second-order valence-corrected chi connectivity index (χ2v) is 7.64. The van der Waals surface area contributed by atoms with Crippen LogP contribution < -0.4 is 5.32 Å². The molecule has 1 atom stereocenters. The van der Waals surface area contributed by atoms with Gasteiger partial charge in [-0.3, -0.25) is 19.4 Å². The maximum atomic E-state index is 12.8. The first-order valence-corrected chi connectivity index (χ1v) is 10.7. The largest absolute Gasteiger partial charge is 0.353 e. The first-order valence-electron chi connectivity index (χ1n) is 10.3. The molecule has 1 aromatic heterocycles. The topological polar surface area (TPSA) is 66.0 Å². The summed E-state index contributed by atoms with van der Waals surface area (Å²) >= 11 is 5.37. The Morgan fingerprint density at radius 2 is 1.80 bits per heavy atom. The molecule has 0 radical (unpaired) electrons. The van der Waals surface area contributed by atoms with Crippen LogP contribution in [0.1, 0.15) is 31.0 Å². The lowest BCUT2D eigenvalue weighted by Gasteiger charge is -2.30. The van der Waals surface area contributed by atoms with E-state index in [1.165, 1.54) is 11.1 Å². The van der Waals surface area contributed by atoms with E-state index in [0.717, 1.165) is 18.7 Å². The monoisotopic (exact) mass is 423 g/mol. The van der Waals surface area contributed by atoms with Gasteiger partial charge in [0.25, 0.3) is 0 Å². The van der Waals surface area contributed by atoms with Crippen LogP contribution >= 0.6 is 12.2 Å². The van der Waals surface area contributed by atoms with E-state index in [9.17, 15) is 4.79 Å². The molecule has 1 heterocycles. The van der Waals surface area contributed by atoms with E-state index < -0.39 is 0 Å². The zero-order chi connectivity index (χ0) is 21.5. The summed E-state index contributed by atoms with van der Waals surface area (Å²) in [7, 11) is 0. The first kappa shape index (κ1) is 21.9. The molecule has 1 amide bonds. The van der Waals surface area contributed by atoms with Gasteiger partial charge in [-0.25, -0.2) is 0 Å². The van der Waals surface area contributed by atoms with Gasteiger partial charge in [-0.05, 0) is 37.8 Å². The summed E-state index contributed by atoms with van der Waals surface area (Å²) in [5.74, 6) is 0.576. The Balaban J connectivity index is 1.73.